The molecule has 2 aromatic rings. The maximum atomic E-state index is 13.1. The first kappa shape index (κ1) is 25.1. The largest absolute Gasteiger partial charge is 0.573 e. The highest BCUT2D eigenvalue weighted by atomic mass is 19.4. The van der Waals surface area contributed by atoms with Crippen molar-refractivity contribution in [2.24, 2.45) is 10.5 Å². The predicted octanol–water partition coefficient (Wildman–Crippen LogP) is 4.43. The van der Waals surface area contributed by atoms with E-state index < -0.39 is 47.9 Å². The molecule has 2 aliphatic heterocycles. The van der Waals surface area contributed by atoms with Gasteiger partial charge in [0.1, 0.15) is 18.1 Å². The summed E-state index contributed by atoms with van der Waals surface area (Å²) in [5, 5.41) is 5.14. The van der Waals surface area contributed by atoms with Crippen LogP contribution in [0.3, 0.4) is 0 Å². The lowest BCUT2D eigenvalue weighted by molar-refractivity contribution is -0.274. The highest BCUT2D eigenvalue weighted by molar-refractivity contribution is 6.19. The average Bonchev–Trinajstić information content (AvgIpc) is 3.22. The Balaban J connectivity index is 1.65. The predicted molar refractivity (Wildman–Crippen MR) is 112 cm³/mol. The lowest BCUT2D eigenvalue weighted by Crippen LogP contribution is -2.51. The van der Waals surface area contributed by atoms with Gasteiger partial charge in [0, 0.05) is 18.3 Å². The minimum Gasteiger partial charge on any atom is -0.491 e. The summed E-state index contributed by atoms with van der Waals surface area (Å²) < 4.78 is 90.7. The van der Waals surface area contributed by atoms with Crippen LogP contribution in [0.2, 0.25) is 0 Å². The standard InChI is InChI=1S/C22H17F6N3O5/c1-30(13-4-6-14(7-5-13)36-22(26,27)28)19(33)31-10-20(18(32)34-2)11-35-16-9-12(21(23,24)25)3-8-15(16)17(20)29-31/h3-9H,10-11H2,1-2H3. The quantitative estimate of drug-likeness (QED) is 0.445. The number of carbonyl (C=O) groups excluding carboxylic acids is 2. The van der Waals surface area contributed by atoms with Crippen LogP contribution in [0.4, 0.5) is 36.8 Å². The second-order valence-electron chi connectivity index (χ2n) is 7.96. The van der Waals surface area contributed by atoms with E-state index in [1.54, 1.807) is 0 Å². The van der Waals surface area contributed by atoms with Crippen LogP contribution in [-0.4, -0.2) is 56.4 Å². The third-order valence-electron chi connectivity index (χ3n) is 5.67. The highest BCUT2D eigenvalue weighted by Gasteiger charge is 2.56. The number of hydrogen-bond acceptors (Lipinski definition) is 6. The molecule has 0 saturated carbocycles. The van der Waals surface area contributed by atoms with Crippen LogP contribution in [0, 0.1) is 5.41 Å². The molecule has 2 aromatic carbocycles. The van der Waals surface area contributed by atoms with E-state index in [0.717, 1.165) is 47.4 Å². The topological polar surface area (TPSA) is 80.7 Å². The average molecular weight is 517 g/mol. The first-order valence-electron chi connectivity index (χ1n) is 10.2. The molecule has 0 aromatic heterocycles. The first-order valence-corrected chi connectivity index (χ1v) is 10.2. The van der Waals surface area contributed by atoms with Crippen molar-refractivity contribution in [3.63, 3.8) is 0 Å². The summed E-state index contributed by atoms with van der Waals surface area (Å²) in [6.45, 7) is -0.766. The number of nitrogens with zero attached hydrogens (tertiary/aromatic N) is 3. The Hall–Kier alpha value is -3.97. The van der Waals surface area contributed by atoms with Gasteiger partial charge in [-0.1, -0.05) is 0 Å². The van der Waals surface area contributed by atoms with Crippen LogP contribution in [0.1, 0.15) is 11.1 Å². The SMILES string of the molecule is COC(=O)C12COc3cc(C(F)(F)F)ccc3C1=NN(C(=O)N(C)c1ccc(OC(F)(F)F)cc1)C2. The van der Waals surface area contributed by atoms with Crippen molar-refractivity contribution in [2.75, 3.05) is 32.2 Å². The summed E-state index contributed by atoms with van der Waals surface area (Å²) in [6, 6.07) is 6.37. The van der Waals surface area contributed by atoms with E-state index in [2.05, 4.69) is 9.84 Å². The molecular weight excluding hydrogens is 500 g/mol. The van der Waals surface area contributed by atoms with Gasteiger partial charge in [0.15, 0.2) is 5.41 Å². The van der Waals surface area contributed by atoms with Crippen molar-refractivity contribution in [1.82, 2.24) is 5.01 Å². The molecule has 0 saturated heterocycles. The smallest absolute Gasteiger partial charge is 0.491 e. The number of urea groups is 1. The fourth-order valence-electron chi connectivity index (χ4n) is 3.90. The monoisotopic (exact) mass is 517 g/mol. The number of esters is 1. The molecule has 2 amide bonds. The van der Waals surface area contributed by atoms with Crippen LogP contribution >= 0.6 is 0 Å². The summed E-state index contributed by atoms with van der Waals surface area (Å²) >= 11 is 0. The van der Waals surface area contributed by atoms with E-state index >= 15 is 0 Å². The number of carbonyl (C=O) groups is 2. The number of anilines is 1. The lowest BCUT2D eigenvalue weighted by Gasteiger charge is -2.33. The van der Waals surface area contributed by atoms with E-state index in [-0.39, 0.29) is 29.3 Å². The van der Waals surface area contributed by atoms with Gasteiger partial charge in [-0.25, -0.2) is 9.80 Å². The Bertz CT molecular complexity index is 1230. The minimum atomic E-state index is -4.88. The Morgan fingerprint density at radius 1 is 1.08 bits per heavy atom. The van der Waals surface area contributed by atoms with Gasteiger partial charge in [0.2, 0.25) is 0 Å². The molecular formula is C22H17F6N3O5. The van der Waals surface area contributed by atoms with Crippen LogP contribution in [0.5, 0.6) is 11.5 Å². The van der Waals surface area contributed by atoms with Gasteiger partial charge < -0.3 is 14.2 Å². The molecule has 36 heavy (non-hydrogen) atoms. The van der Waals surface area contributed by atoms with Crippen LogP contribution in [0.25, 0.3) is 0 Å². The maximum Gasteiger partial charge on any atom is 0.573 e. The van der Waals surface area contributed by atoms with Gasteiger partial charge in [-0.3, -0.25) is 9.69 Å². The Morgan fingerprint density at radius 3 is 2.33 bits per heavy atom. The third-order valence-corrected chi connectivity index (χ3v) is 5.67. The second kappa shape index (κ2) is 8.60. The number of rotatable bonds is 3. The van der Waals surface area contributed by atoms with Crippen molar-refractivity contribution in [1.29, 1.82) is 0 Å². The number of halogens is 6. The summed E-state index contributed by atoms with van der Waals surface area (Å²) in [7, 11) is 2.44. The number of fused-ring (bicyclic) bond motifs is 3. The second-order valence-corrected chi connectivity index (χ2v) is 7.96. The van der Waals surface area contributed by atoms with E-state index in [4.69, 9.17) is 9.47 Å². The highest BCUT2D eigenvalue weighted by Crippen LogP contribution is 2.43. The molecule has 14 heteroatoms. The van der Waals surface area contributed by atoms with Crippen LogP contribution < -0.4 is 14.4 Å². The zero-order valence-corrected chi connectivity index (χ0v) is 18.6. The molecule has 0 aliphatic carbocycles. The molecule has 1 atom stereocenters. The minimum absolute atomic E-state index is 0.000000351. The van der Waals surface area contributed by atoms with Crippen molar-refractivity contribution in [3.8, 4) is 11.5 Å². The Morgan fingerprint density at radius 2 is 1.75 bits per heavy atom. The molecule has 4 rings (SSSR count). The molecule has 0 spiro atoms. The Kier molecular flexibility index (Phi) is 6.01. The van der Waals surface area contributed by atoms with Gasteiger partial charge in [-0.15, -0.1) is 13.2 Å². The molecule has 0 N–H and O–H groups in total. The third kappa shape index (κ3) is 4.50. The van der Waals surface area contributed by atoms with Gasteiger partial charge in [0.25, 0.3) is 0 Å². The van der Waals surface area contributed by atoms with Crippen molar-refractivity contribution in [2.45, 2.75) is 12.5 Å². The normalized spacial score (nSPS) is 19.0. The van der Waals surface area contributed by atoms with E-state index in [1.165, 1.54) is 19.2 Å². The summed E-state index contributed by atoms with van der Waals surface area (Å²) in [6.07, 6.45) is -9.51. The van der Waals surface area contributed by atoms with Gasteiger partial charge in [-0.2, -0.15) is 18.3 Å². The summed E-state index contributed by atoms with van der Waals surface area (Å²) in [5.74, 6) is -1.46. The number of alkyl halides is 6. The zero-order valence-electron chi connectivity index (χ0n) is 18.6. The summed E-state index contributed by atoms with van der Waals surface area (Å²) in [4.78, 5) is 27.0. The Labute approximate surface area is 199 Å². The molecule has 0 radical (unpaired) electrons. The molecule has 192 valence electrons. The van der Waals surface area contributed by atoms with Crippen molar-refractivity contribution >= 4 is 23.4 Å². The number of methoxy groups -OCH3 is 1. The van der Waals surface area contributed by atoms with Crippen LogP contribution in [0.15, 0.2) is 47.6 Å². The fraction of sp³-hybridized carbons (Fsp3) is 0.318. The number of hydrazone groups is 1. The molecule has 0 bridgehead atoms. The summed E-state index contributed by atoms with van der Waals surface area (Å²) in [5.41, 5.74) is -2.28. The number of ether oxygens (including phenoxy) is 3. The van der Waals surface area contributed by atoms with Gasteiger partial charge in [-0.05, 0) is 42.5 Å². The van der Waals surface area contributed by atoms with Crippen molar-refractivity contribution < 1.29 is 50.1 Å². The van der Waals surface area contributed by atoms with Crippen molar-refractivity contribution in [3.05, 3.63) is 53.6 Å². The first-order chi connectivity index (χ1) is 16.7. The maximum absolute atomic E-state index is 13.1. The van der Waals surface area contributed by atoms with E-state index in [9.17, 15) is 35.9 Å². The van der Waals surface area contributed by atoms with Crippen LogP contribution in [-0.2, 0) is 15.7 Å². The number of amides is 2. The molecule has 8 nitrogen and oxygen atoms in total. The number of benzene rings is 2. The van der Waals surface area contributed by atoms with E-state index in [0.29, 0.717) is 0 Å². The molecule has 0 fully saturated rings. The van der Waals surface area contributed by atoms with Gasteiger partial charge >= 0.3 is 24.5 Å². The fourth-order valence-corrected chi connectivity index (χ4v) is 3.90. The number of hydrogen-bond donors (Lipinski definition) is 0. The zero-order chi connectivity index (χ0) is 26.5. The van der Waals surface area contributed by atoms with E-state index in [1.807, 2.05) is 0 Å². The molecule has 1 unspecified atom stereocenters. The van der Waals surface area contributed by atoms with Gasteiger partial charge in [0.05, 0.1) is 24.9 Å². The lowest BCUT2D eigenvalue weighted by atomic mass is 9.78. The molecule has 2 heterocycles. The molecule has 2 aliphatic rings.